The number of benzene rings is 1. The number of tetrazole rings is 1. The molecule has 2 aromatic rings. The molecule has 2 heterocycles. The highest BCUT2D eigenvalue weighted by Crippen LogP contribution is 2.48. The number of aromatic nitrogens is 4. The average molecular weight is 737 g/mol. The zero-order valence-electron chi connectivity index (χ0n) is 29.8. The maximum Gasteiger partial charge on any atom is 0.259 e. The van der Waals surface area contributed by atoms with Crippen LogP contribution in [0.2, 0.25) is 0 Å². The van der Waals surface area contributed by atoms with Gasteiger partial charge < -0.3 is 15.0 Å². The second-order valence-corrected chi connectivity index (χ2v) is 17.7. The molecule has 5 rings (SSSR count). The lowest BCUT2D eigenvalue weighted by Crippen LogP contribution is -2.60. The summed E-state index contributed by atoms with van der Waals surface area (Å²) in [7, 11) is -2.57. The minimum Gasteiger partial charge on any atom is -0.497 e. The van der Waals surface area contributed by atoms with E-state index in [0.29, 0.717) is 24.2 Å². The van der Waals surface area contributed by atoms with Crippen molar-refractivity contribution in [1.82, 2.24) is 40.5 Å². The van der Waals surface area contributed by atoms with Crippen LogP contribution in [-0.2, 0) is 29.2 Å². The molecule has 280 valence electrons. The van der Waals surface area contributed by atoms with Crippen LogP contribution in [0.25, 0.3) is 11.4 Å². The molecule has 0 bridgehead atoms. The van der Waals surface area contributed by atoms with E-state index in [0.717, 1.165) is 0 Å². The van der Waals surface area contributed by atoms with Crippen molar-refractivity contribution < 1.29 is 41.1 Å². The van der Waals surface area contributed by atoms with Gasteiger partial charge in [-0.1, -0.05) is 41.5 Å². The van der Waals surface area contributed by atoms with Crippen molar-refractivity contribution in [3.8, 4) is 17.1 Å². The van der Waals surface area contributed by atoms with E-state index in [4.69, 9.17) is 4.74 Å². The second kappa shape index (κ2) is 13.8. The number of methoxy groups -OCH3 is 1. The SMILES string of the molecule is COc1ccc(-c2nnn([C@@H]3CC(C(=O)N[C@]4(C(=O)NS(=O)(=O)C5CC5)C[C@H]4C(F)F)N(C(=O)[C@@H](NCC(=O)C(C)(C)C)C(C)(C)C)C3)n2)cc1. The molecule has 3 fully saturated rings. The lowest BCUT2D eigenvalue weighted by molar-refractivity contribution is -0.143. The minimum absolute atomic E-state index is 0.0782. The van der Waals surface area contributed by atoms with Crippen molar-refractivity contribution in [2.45, 2.75) is 103 Å². The fourth-order valence-corrected chi connectivity index (χ4v) is 7.50. The van der Waals surface area contributed by atoms with Crippen LogP contribution in [0.1, 0.15) is 73.3 Å². The molecule has 18 heteroatoms. The molecule has 0 spiro atoms. The van der Waals surface area contributed by atoms with Gasteiger partial charge in [-0.05, 0) is 54.2 Å². The van der Waals surface area contributed by atoms with Crippen LogP contribution in [0.4, 0.5) is 8.78 Å². The number of carbonyl (C=O) groups is 4. The molecule has 1 aromatic carbocycles. The molecule has 3 amide bonds. The van der Waals surface area contributed by atoms with Gasteiger partial charge in [0.1, 0.15) is 17.3 Å². The van der Waals surface area contributed by atoms with Gasteiger partial charge in [-0.15, -0.1) is 10.2 Å². The molecular weight excluding hydrogens is 690 g/mol. The molecule has 2 saturated carbocycles. The third-order valence-corrected chi connectivity index (χ3v) is 11.5. The van der Waals surface area contributed by atoms with Crippen molar-refractivity contribution in [3.63, 3.8) is 0 Å². The number of hydrogen-bond donors (Lipinski definition) is 3. The molecule has 1 unspecified atom stereocenters. The number of ether oxygens (including phenoxy) is 1. The summed E-state index contributed by atoms with van der Waals surface area (Å²) >= 11 is 0. The number of sulfonamides is 1. The van der Waals surface area contributed by atoms with Crippen LogP contribution in [0.5, 0.6) is 5.75 Å². The summed E-state index contributed by atoms with van der Waals surface area (Å²) in [5.41, 5.74) is -3.00. The zero-order chi connectivity index (χ0) is 37.7. The first-order valence-electron chi connectivity index (χ1n) is 16.9. The van der Waals surface area contributed by atoms with E-state index in [1.165, 1.54) is 16.8 Å². The number of amides is 3. The van der Waals surface area contributed by atoms with Crippen LogP contribution in [0, 0.1) is 16.7 Å². The summed E-state index contributed by atoms with van der Waals surface area (Å²) in [6.45, 7) is 10.4. The number of carbonyl (C=O) groups excluding carboxylic acids is 4. The van der Waals surface area contributed by atoms with Gasteiger partial charge in [-0.2, -0.15) is 4.80 Å². The summed E-state index contributed by atoms with van der Waals surface area (Å²) in [4.78, 5) is 57.2. The van der Waals surface area contributed by atoms with Gasteiger partial charge in [0.05, 0.1) is 36.9 Å². The Morgan fingerprint density at radius 2 is 1.71 bits per heavy atom. The summed E-state index contributed by atoms with van der Waals surface area (Å²) in [5.74, 6) is -3.58. The van der Waals surface area contributed by atoms with E-state index < -0.39 is 86.3 Å². The normalized spacial score (nSPS) is 24.3. The fraction of sp³-hybridized carbons (Fsp3) is 0.667. The number of halogens is 2. The Labute approximate surface area is 295 Å². The average Bonchev–Trinajstić information content (AvgIpc) is 3.93. The number of ketones is 1. The molecule has 3 N–H and O–H groups in total. The van der Waals surface area contributed by atoms with E-state index in [-0.39, 0.29) is 31.1 Å². The van der Waals surface area contributed by atoms with E-state index in [1.807, 2.05) is 4.72 Å². The van der Waals surface area contributed by atoms with E-state index in [9.17, 15) is 36.4 Å². The Balaban J connectivity index is 1.44. The van der Waals surface area contributed by atoms with Gasteiger partial charge in [-0.25, -0.2) is 17.2 Å². The van der Waals surface area contributed by atoms with E-state index in [2.05, 4.69) is 26.0 Å². The van der Waals surface area contributed by atoms with Gasteiger partial charge >= 0.3 is 0 Å². The molecule has 2 aliphatic carbocycles. The standard InChI is InChI=1S/C33H46F2N8O7S/c1-31(2,3)24(44)16-36-25(32(4,5)6)29(46)42-17-19(43-39-27(38-41-43)18-8-10-20(50-7)11-9-18)14-23(42)28(45)37-33(15-22(33)26(34)35)30(47)40-51(48,49)21-12-13-21/h8-11,19,21-23,25-26,36H,12-17H2,1-7H3,(H,37,45)(H,40,47)/t19-,22+,23?,25-,33-/m1/s1. The summed E-state index contributed by atoms with van der Waals surface area (Å²) in [6, 6.07) is 3.96. The van der Waals surface area contributed by atoms with Crippen LogP contribution in [0.3, 0.4) is 0 Å². The Kier molecular flexibility index (Phi) is 10.3. The van der Waals surface area contributed by atoms with Crippen LogP contribution in [0.15, 0.2) is 24.3 Å². The highest BCUT2D eigenvalue weighted by atomic mass is 32.2. The number of nitrogens with one attached hydrogen (secondary N) is 3. The molecule has 15 nitrogen and oxygen atoms in total. The minimum atomic E-state index is -4.11. The first-order chi connectivity index (χ1) is 23.7. The van der Waals surface area contributed by atoms with Crippen molar-refractivity contribution >= 4 is 33.5 Å². The number of Topliss-reactive ketones (excluding diaryl/α,β-unsaturated/α-hetero) is 1. The molecule has 1 saturated heterocycles. The molecule has 5 atom stereocenters. The monoisotopic (exact) mass is 736 g/mol. The van der Waals surface area contributed by atoms with Crippen molar-refractivity contribution in [2.24, 2.45) is 16.7 Å². The van der Waals surface area contributed by atoms with Gasteiger partial charge in [0.2, 0.25) is 34.1 Å². The molecule has 1 aliphatic heterocycles. The number of rotatable bonds is 13. The highest BCUT2D eigenvalue weighted by molar-refractivity contribution is 7.91. The summed E-state index contributed by atoms with van der Waals surface area (Å²) in [6.07, 6.45) is -2.92. The van der Waals surface area contributed by atoms with Gasteiger partial charge in [-0.3, -0.25) is 29.2 Å². The fourth-order valence-electron chi connectivity index (χ4n) is 6.14. The smallest absolute Gasteiger partial charge is 0.259 e. The third-order valence-electron chi connectivity index (χ3n) is 9.65. The number of alkyl halides is 2. The Hall–Kier alpha value is -4.06. The molecule has 51 heavy (non-hydrogen) atoms. The highest BCUT2D eigenvalue weighted by Gasteiger charge is 2.66. The zero-order valence-corrected chi connectivity index (χ0v) is 30.6. The molecule has 3 aliphatic rings. The predicted octanol–water partition coefficient (Wildman–Crippen LogP) is 1.86. The Bertz CT molecular complexity index is 1770. The van der Waals surface area contributed by atoms with Crippen molar-refractivity contribution in [1.29, 1.82) is 0 Å². The lowest BCUT2D eigenvalue weighted by atomic mass is 9.84. The van der Waals surface area contributed by atoms with Gasteiger partial charge in [0, 0.05) is 23.9 Å². The van der Waals surface area contributed by atoms with E-state index in [1.54, 1.807) is 65.8 Å². The first kappa shape index (κ1) is 38.2. The first-order valence-corrected chi connectivity index (χ1v) is 18.4. The maximum atomic E-state index is 14.4. The lowest BCUT2D eigenvalue weighted by Gasteiger charge is -2.36. The van der Waals surface area contributed by atoms with Gasteiger partial charge in [0.15, 0.2) is 5.78 Å². The Morgan fingerprint density at radius 3 is 2.24 bits per heavy atom. The third kappa shape index (κ3) is 8.21. The largest absolute Gasteiger partial charge is 0.497 e. The molecule has 1 aromatic heterocycles. The van der Waals surface area contributed by atoms with E-state index >= 15 is 0 Å². The quantitative estimate of drug-likeness (QED) is 0.272. The maximum absolute atomic E-state index is 14.4. The Morgan fingerprint density at radius 1 is 1.06 bits per heavy atom. The predicted molar refractivity (Wildman–Crippen MR) is 180 cm³/mol. The van der Waals surface area contributed by atoms with Crippen LogP contribution >= 0.6 is 0 Å². The van der Waals surface area contributed by atoms with Gasteiger partial charge in [0.25, 0.3) is 5.91 Å². The topological polar surface area (TPSA) is 195 Å². The molecular formula is C33H46F2N8O7S. The number of nitrogens with zero attached hydrogens (tertiary/aromatic N) is 5. The van der Waals surface area contributed by atoms with Crippen LogP contribution in [-0.4, -0.2) is 107 Å². The summed E-state index contributed by atoms with van der Waals surface area (Å²) < 4.78 is 60.3. The van der Waals surface area contributed by atoms with Crippen LogP contribution < -0.4 is 20.1 Å². The molecule has 0 radical (unpaired) electrons. The number of hydrogen-bond acceptors (Lipinski definition) is 11. The summed E-state index contributed by atoms with van der Waals surface area (Å²) in [5, 5.41) is 17.5. The second-order valence-electron chi connectivity index (χ2n) is 15.7. The van der Waals surface area contributed by atoms with Crippen molar-refractivity contribution in [2.75, 3.05) is 20.2 Å². The van der Waals surface area contributed by atoms with Crippen molar-refractivity contribution in [3.05, 3.63) is 24.3 Å². The number of likely N-dealkylation sites (tertiary alicyclic amines) is 1.